The van der Waals surface area contributed by atoms with Crippen LogP contribution in [0.3, 0.4) is 0 Å². The van der Waals surface area contributed by atoms with E-state index in [0.717, 1.165) is 21.5 Å². The summed E-state index contributed by atoms with van der Waals surface area (Å²) in [7, 11) is -3.73. The highest BCUT2D eigenvalue weighted by Gasteiger charge is 2.14. The van der Waals surface area contributed by atoms with Crippen LogP contribution in [0.2, 0.25) is 0 Å². The largest absolute Gasteiger partial charge is 0.322 e. The highest BCUT2D eigenvalue weighted by atomic mass is 79.9. The zero-order valence-corrected chi connectivity index (χ0v) is 21.9. The van der Waals surface area contributed by atoms with E-state index in [1.165, 1.54) is 17.7 Å². The third-order valence-corrected chi connectivity index (χ3v) is 8.12. The molecule has 4 rings (SSSR count). The number of benzene rings is 4. The van der Waals surface area contributed by atoms with Crippen LogP contribution in [0.4, 0.5) is 11.4 Å². The van der Waals surface area contributed by atoms with Gasteiger partial charge in [-0.3, -0.25) is 9.52 Å². The summed E-state index contributed by atoms with van der Waals surface area (Å²) in [5.74, 6) is 1.55. The second kappa shape index (κ2) is 11.6. The summed E-state index contributed by atoms with van der Waals surface area (Å²) in [4.78, 5) is 12.7. The molecule has 0 atom stereocenters. The molecule has 5 nitrogen and oxygen atoms in total. The molecule has 0 radical (unpaired) electrons. The fraction of sp³-hybridized carbons (Fsp3) is 0.0741. The van der Waals surface area contributed by atoms with Crippen molar-refractivity contribution in [2.45, 2.75) is 16.4 Å². The van der Waals surface area contributed by atoms with Crippen LogP contribution in [-0.4, -0.2) is 14.3 Å². The Morgan fingerprint density at radius 3 is 1.91 bits per heavy atom. The number of carbonyl (C=O) groups is 1. The van der Waals surface area contributed by atoms with Crippen LogP contribution in [0.15, 0.2) is 112 Å². The van der Waals surface area contributed by atoms with Crippen LogP contribution in [0.25, 0.3) is 0 Å². The average molecular weight is 568 g/mol. The van der Waals surface area contributed by atoms with Crippen molar-refractivity contribution in [2.75, 3.05) is 10.0 Å². The van der Waals surface area contributed by atoms with E-state index in [-0.39, 0.29) is 10.8 Å². The van der Waals surface area contributed by atoms with Crippen LogP contribution in [0, 0.1) is 0 Å². The van der Waals surface area contributed by atoms with Gasteiger partial charge < -0.3 is 5.32 Å². The van der Waals surface area contributed by atoms with Crippen LogP contribution in [0.1, 0.15) is 21.5 Å². The third kappa shape index (κ3) is 7.21. The first-order valence-electron chi connectivity index (χ1n) is 10.8. The summed E-state index contributed by atoms with van der Waals surface area (Å²) in [6.45, 7) is 0. The number of sulfonamides is 1. The summed E-state index contributed by atoms with van der Waals surface area (Å²) < 4.78 is 28.6. The number of nitrogens with one attached hydrogen (secondary N) is 2. The van der Waals surface area contributed by atoms with Gasteiger partial charge in [0.1, 0.15) is 0 Å². The Hall–Kier alpha value is -3.07. The lowest BCUT2D eigenvalue weighted by molar-refractivity contribution is 0.102. The minimum Gasteiger partial charge on any atom is -0.322 e. The molecule has 178 valence electrons. The highest BCUT2D eigenvalue weighted by molar-refractivity contribution is 9.10. The van der Waals surface area contributed by atoms with Crippen molar-refractivity contribution in [2.24, 2.45) is 0 Å². The highest BCUT2D eigenvalue weighted by Crippen LogP contribution is 2.21. The lowest BCUT2D eigenvalue weighted by Gasteiger charge is -2.10. The first-order chi connectivity index (χ1) is 16.9. The molecule has 0 saturated carbocycles. The van der Waals surface area contributed by atoms with E-state index in [1.807, 2.05) is 42.1 Å². The molecular formula is C27H23BrN2O3S2. The summed E-state index contributed by atoms with van der Waals surface area (Å²) in [5.41, 5.74) is 3.95. The van der Waals surface area contributed by atoms with Gasteiger partial charge in [0.25, 0.3) is 15.9 Å². The monoisotopic (exact) mass is 566 g/mol. The summed E-state index contributed by atoms with van der Waals surface area (Å²) in [6, 6.07) is 30.7. The zero-order valence-electron chi connectivity index (χ0n) is 18.6. The SMILES string of the molecule is O=C(Nc1ccc(S(=O)(=O)Nc2ccc(Br)cc2)cc1)c1ccc(CSCc2ccccc2)cc1. The van der Waals surface area contributed by atoms with Gasteiger partial charge in [-0.2, -0.15) is 11.8 Å². The molecule has 0 aromatic heterocycles. The van der Waals surface area contributed by atoms with E-state index in [2.05, 4.69) is 38.1 Å². The van der Waals surface area contributed by atoms with E-state index < -0.39 is 10.0 Å². The molecule has 0 unspecified atom stereocenters. The van der Waals surface area contributed by atoms with Gasteiger partial charge in [-0.1, -0.05) is 58.4 Å². The van der Waals surface area contributed by atoms with Crippen LogP contribution >= 0.6 is 27.7 Å². The second-order valence-corrected chi connectivity index (χ2v) is 11.3. The normalized spacial score (nSPS) is 11.1. The van der Waals surface area contributed by atoms with Gasteiger partial charge in [-0.05, 0) is 71.8 Å². The molecule has 1 amide bonds. The van der Waals surface area contributed by atoms with E-state index in [0.29, 0.717) is 16.9 Å². The van der Waals surface area contributed by atoms with Crippen molar-refractivity contribution in [1.29, 1.82) is 0 Å². The zero-order chi connectivity index (χ0) is 24.7. The third-order valence-electron chi connectivity index (χ3n) is 5.12. The summed E-state index contributed by atoms with van der Waals surface area (Å²) in [6.07, 6.45) is 0. The van der Waals surface area contributed by atoms with Crippen molar-refractivity contribution < 1.29 is 13.2 Å². The van der Waals surface area contributed by atoms with Gasteiger partial charge in [0.2, 0.25) is 0 Å². The summed E-state index contributed by atoms with van der Waals surface area (Å²) >= 11 is 5.15. The number of rotatable bonds is 9. The Balaban J connectivity index is 1.31. The maximum atomic E-state index is 12.6. The van der Waals surface area contributed by atoms with E-state index in [1.54, 1.807) is 48.5 Å². The molecule has 4 aromatic carbocycles. The first-order valence-corrected chi connectivity index (χ1v) is 14.2. The predicted octanol–water partition coefficient (Wildman–Crippen LogP) is 6.94. The van der Waals surface area contributed by atoms with Crippen LogP contribution < -0.4 is 10.0 Å². The molecule has 35 heavy (non-hydrogen) atoms. The van der Waals surface area contributed by atoms with Crippen LogP contribution in [-0.2, 0) is 21.5 Å². The number of halogens is 1. The standard InChI is InChI=1S/C27H23BrN2O3S2/c28-23-10-12-25(13-11-23)30-35(32,33)26-16-14-24(15-17-26)29-27(31)22-8-6-21(7-9-22)19-34-18-20-4-2-1-3-5-20/h1-17,30H,18-19H2,(H,29,31). The number of carbonyl (C=O) groups excluding carboxylic acids is 1. The molecule has 0 fully saturated rings. The van der Waals surface area contributed by atoms with Gasteiger partial charge in [0.15, 0.2) is 0 Å². The summed E-state index contributed by atoms with van der Waals surface area (Å²) in [5, 5.41) is 2.81. The fourth-order valence-corrected chi connectivity index (χ4v) is 5.55. The Morgan fingerprint density at radius 1 is 0.714 bits per heavy atom. The number of hydrogen-bond donors (Lipinski definition) is 2. The first kappa shape index (κ1) is 25.0. The van der Waals surface area contributed by atoms with Crippen molar-refractivity contribution in [3.63, 3.8) is 0 Å². The predicted molar refractivity (Wildman–Crippen MR) is 147 cm³/mol. The second-order valence-electron chi connectivity index (χ2n) is 7.77. The van der Waals surface area contributed by atoms with Gasteiger partial charge >= 0.3 is 0 Å². The molecule has 4 aromatic rings. The molecule has 0 saturated heterocycles. The Bertz CT molecular complexity index is 1380. The topological polar surface area (TPSA) is 75.3 Å². The van der Waals surface area contributed by atoms with Crippen molar-refractivity contribution in [1.82, 2.24) is 0 Å². The molecule has 2 N–H and O–H groups in total. The minimum absolute atomic E-state index is 0.107. The van der Waals surface area contributed by atoms with E-state index in [9.17, 15) is 13.2 Å². The average Bonchev–Trinajstić information content (AvgIpc) is 2.87. The molecule has 8 heteroatoms. The van der Waals surface area contributed by atoms with Crippen molar-refractivity contribution in [3.8, 4) is 0 Å². The lowest BCUT2D eigenvalue weighted by Crippen LogP contribution is -2.14. The van der Waals surface area contributed by atoms with Gasteiger partial charge in [0, 0.05) is 32.9 Å². The molecule has 0 bridgehead atoms. The molecule has 0 aliphatic heterocycles. The van der Waals surface area contributed by atoms with Gasteiger partial charge in [-0.15, -0.1) is 0 Å². The van der Waals surface area contributed by atoms with E-state index >= 15 is 0 Å². The number of thioether (sulfide) groups is 1. The molecule has 0 spiro atoms. The maximum Gasteiger partial charge on any atom is 0.261 e. The molecule has 0 aliphatic carbocycles. The minimum atomic E-state index is -3.73. The molecular weight excluding hydrogens is 544 g/mol. The van der Waals surface area contributed by atoms with Crippen molar-refractivity contribution in [3.05, 3.63) is 124 Å². The quantitative estimate of drug-likeness (QED) is 0.230. The Labute approximate surface area is 218 Å². The van der Waals surface area contributed by atoms with Gasteiger partial charge in [0.05, 0.1) is 4.90 Å². The fourth-order valence-electron chi connectivity index (χ4n) is 3.27. The van der Waals surface area contributed by atoms with Crippen LogP contribution in [0.5, 0.6) is 0 Å². The van der Waals surface area contributed by atoms with E-state index in [4.69, 9.17) is 0 Å². The molecule has 0 heterocycles. The lowest BCUT2D eigenvalue weighted by atomic mass is 10.1. The number of amides is 1. The Kier molecular flexibility index (Phi) is 8.28. The van der Waals surface area contributed by atoms with Crippen molar-refractivity contribution >= 4 is 55.0 Å². The number of hydrogen-bond acceptors (Lipinski definition) is 4. The maximum absolute atomic E-state index is 12.6. The smallest absolute Gasteiger partial charge is 0.261 e. The van der Waals surface area contributed by atoms with Gasteiger partial charge in [-0.25, -0.2) is 8.42 Å². The molecule has 0 aliphatic rings. The Morgan fingerprint density at radius 2 is 1.29 bits per heavy atom. The number of anilines is 2.